The molecule has 24 heavy (non-hydrogen) atoms. The number of nitrogens with one attached hydrogen (secondary N) is 1. The van der Waals surface area contributed by atoms with Crippen LogP contribution in [0.4, 0.5) is 0 Å². The highest BCUT2D eigenvalue weighted by Gasteiger charge is 2.53. The van der Waals surface area contributed by atoms with Gasteiger partial charge in [0.25, 0.3) is 5.91 Å². The Morgan fingerprint density at radius 3 is 2.50 bits per heavy atom. The Balaban J connectivity index is 1.74. The summed E-state index contributed by atoms with van der Waals surface area (Å²) in [6.07, 6.45) is 2.06. The van der Waals surface area contributed by atoms with Crippen molar-refractivity contribution in [1.29, 1.82) is 0 Å². The van der Waals surface area contributed by atoms with Crippen molar-refractivity contribution in [2.45, 2.75) is 50.9 Å². The van der Waals surface area contributed by atoms with E-state index >= 15 is 0 Å². The van der Waals surface area contributed by atoms with Crippen LogP contribution in [-0.4, -0.2) is 35.6 Å². The van der Waals surface area contributed by atoms with Gasteiger partial charge < -0.3 is 19.9 Å². The Kier molecular flexibility index (Phi) is 3.22. The van der Waals surface area contributed by atoms with Crippen molar-refractivity contribution in [2.24, 2.45) is 0 Å². The van der Waals surface area contributed by atoms with Crippen molar-refractivity contribution in [2.75, 3.05) is 13.2 Å². The highest BCUT2D eigenvalue weighted by atomic mass is 16.7. The number of carbonyl (C=O) groups excluding carboxylic acids is 1. The van der Waals surface area contributed by atoms with E-state index in [-0.39, 0.29) is 11.3 Å². The van der Waals surface area contributed by atoms with Crippen molar-refractivity contribution in [3.63, 3.8) is 0 Å². The van der Waals surface area contributed by atoms with Gasteiger partial charge in [0.05, 0.1) is 24.3 Å². The third-order valence-electron chi connectivity index (χ3n) is 5.52. The van der Waals surface area contributed by atoms with Crippen LogP contribution in [-0.2, 0) is 14.3 Å². The predicted molar refractivity (Wildman–Crippen MR) is 89.4 cm³/mol. The van der Waals surface area contributed by atoms with Gasteiger partial charge in [0.15, 0.2) is 7.20 Å². The highest BCUT2D eigenvalue weighted by Crippen LogP contribution is 2.47. The Bertz CT molecular complexity index is 757. The number of amides is 1. The van der Waals surface area contributed by atoms with Gasteiger partial charge in [-0.3, -0.25) is 4.79 Å². The van der Waals surface area contributed by atoms with E-state index in [2.05, 4.69) is 0 Å². The highest BCUT2D eigenvalue weighted by molar-refractivity contribution is 6.23. The Labute approximate surface area is 143 Å². The van der Waals surface area contributed by atoms with E-state index in [0.29, 0.717) is 44.5 Å². The van der Waals surface area contributed by atoms with Crippen LogP contribution in [0.25, 0.3) is 5.57 Å². The third-order valence-corrected chi connectivity index (χ3v) is 5.52. The van der Waals surface area contributed by atoms with Crippen molar-refractivity contribution in [3.05, 3.63) is 40.6 Å². The molecule has 2 N–H and O–H groups in total. The zero-order chi connectivity index (χ0) is 17.8. The van der Waals surface area contributed by atoms with Crippen LogP contribution in [0.15, 0.2) is 24.0 Å². The first-order chi connectivity index (χ1) is 11.9. The van der Waals surface area contributed by atoms with Gasteiger partial charge in [-0.1, -0.05) is 23.8 Å². The summed E-state index contributed by atoms with van der Waals surface area (Å²) in [5.41, 5.74) is 1.94. The molecule has 2 aliphatic heterocycles. The molecule has 0 radical (unpaired) electrons. The van der Waals surface area contributed by atoms with Gasteiger partial charge in [0.2, 0.25) is 0 Å². The molecule has 1 aromatic carbocycles. The fourth-order valence-electron chi connectivity index (χ4n) is 4.06. The fourth-order valence-corrected chi connectivity index (χ4v) is 4.06. The van der Waals surface area contributed by atoms with Gasteiger partial charge >= 0.3 is 0 Å². The summed E-state index contributed by atoms with van der Waals surface area (Å²) in [6.45, 7) is 5.02. The van der Waals surface area contributed by atoms with Crippen LogP contribution in [0.2, 0.25) is 1.41 Å². The topological polar surface area (TPSA) is 67.8 Å². The van der Waals surface area contributed by atoms with Crippen molar-refractivity contribution in [3.8, 4) is 0 Å². The van der Waals surface area contributed by atoms with Gasteiger partial charge in [-0.05, 0) is 37.8 Å². The molecule has 128 valence electrons. The quantitative estimate of drug-likeness (QED) is 0.831. The maximum Gasteiger partial charge on any atom is 0.256 e. The molecule has 3 aliphatic rings. The molecule has 2 spiro atoms. The zero-order valence-electron chi connectivity index (χ0n) is 15.1. The number of aryl methyl sites for hydroxylation is 2. The fraction of sp³-hybridized carbons (Fsp3) is 0.526. The molecular weight excluding hydrogens is 306 g/mol. The van der Waals surface area contributed by atoms with Gasteiger partial charge in [0, 0.05) is 12.8 Å². The van der Waals surface area contributed by atoms with Crippen LogP contribution in [0.1, 0.15) is 42.4 Å². The second-order valence-corrected chi connectivity index (χ2v) is 7.10. The number of aliphatic hydroxyl groups is 1. The number of ether oxygens (including phenoxy) is 2. The summed E-state index contributed by atoms with van der Waals surface area (Å²) in [5, 5.41) is 12.0. The summed E-state index contributed by atoms with van der Waals surface area (Å²) >= 11 is 0. The number of hydrogen-bond acceptors (Lipinski definition) is 4. The van der Waals surface area contributed by atoms with Gasteiger partial charge in [-0.15, -0.1) is 0 Å². The van der Waals surface area contributed by atoms with Gasteiger partial charge in [0.1, 0.15) is 5.76 Å². The lowest BCUT2D eigenvalue weighted by Crippen LogP contribution is -2.51. The van der Waals surface area contributed by atoms with Crippen molar-refractivity contribution >= 4 is 11.5 Å². The minimum atomic E-state index is -0.969. The van der Waals surface area contributed by atoms with Crippen LogP contribution >= 0.6 is 0 Å². The summed E-state index contributed by atoms with van der Waals surface area (Å²) in [6, 6.07) is 5.82. The maximum atomic E-state index is 12.8. The first-order valence-electron chi connectivity index (χ1n) is 8.96. The Morgan fingerprint density at radius 2 is 1.83 bits per heavy atom. The van der Waals surface area contributed by atoms with Crippen LogP contribution < -0.4 is 5.31 Å². The lowest BCUT2D eigenvalue weighted by molar-refractivity contribution is -0.185. The number of hydrogen-bond donors (Lipinski definition) is 2. The standard InChI is InChI=1S/C19H23NO4/c1-12-3-4-13(2)14(11-12)15-16(21)18(20-17(15)22)5-7-19(8-6-18)23-9-10-24-19/h3-4,11,21H,5-10H2,1-2H3,(H,20,22)/i/hD. The lowest BCUT2D eigenvalue weighted by atomic mass is 9.77. The summed E-state index contributed by atoms with van der Waals surface area (Å²) in [7, 11) is 0. The lowest BCUT2D eigenvalue weighted by Gasteiger charge is -2.41. The monoisotopic (exact) mass is 330 g/mol. The molecule has 1 saturated heterocycles. The average Bonchev–Trinajstić information content (AvgIpc) is 3.12. The van der Waals surface area contributed by atoms with Crippen LogP contribution in [0.3, 0.4) is 0 Å². The molecule has 5 nitrogen and oxygen atoms in total. The molecule has 1 aromatic rings. The molecule has 0 aromatic heterocycles. The number of rotatable bonds is 1. The molecule has 1 aliphatic carbocycles. The SMILES string of the molecule is [2H]N1C(=O)C(c2cc(C)ccc2C)=C(O)C12CCC1(CC2)OCCO1. The smallest absolute Gasteiger partial charge is 0.256 e. The number of carbonyl (C=O) groups is 1. The first-order valence-corrected chi connectivity index (χ1v) is 8.51. The second kappa shape index (κ2) is 5.33. The first kappa shape index (κ1) is 14.5. The normalized spacial score (nSPS) is 25.8. The largest absolute Gasteiger partial charge is 0.509 e. The van der Waals surface area contributed by atoms with Crippen LogP contribution in [0.5, 0.6) is 0 Å². The Morgan fingerprint density at radius 1 is 1.17 bits per heavy atom. The Hall–Kier alpha value is -1.85. The summed E-state index contributed by atoms with van der Waals surface area (Å²) in [4.78, 5) is 12.8. The molecule has 0 unspecified atom stereocenters. The summed E-state index contributed by atoms with van der Waals surface area (Å²) in [5.74, 6) is -1.01. The van der Waals surface area contributed by atoms with Gasteiger partial charge in [-0.25, -0.2) is 0 Å². The average molecular weight is 330 g/mol. The molecule has 0 atom stereocenters. The van der Waals surface area contributed by atoms with E-state index in [1.165, 1.54) is 0 Å². The van der Waals surface area contributed by atoms with E-state index in [0.717, 1.165) is 16.4 Å². The van der Waals surface area contributed by atoms with E-state index < -0.39 is 17.2 Å². The summed E-state index contributed by atoms with van der Waals surface area (Å²) < 4.78 is 19.9. The predicted octanol–water partition coefficient (Wildman–Crippen LogP) is 2.76. The molecule has 2 heterocycles. The number of benzene rings is 1. The maximum absolute atomic E-state index is 12.8. The zero-order valence-corrected chi connectivity index (χ0v) is 14.1. The van der Waals surface area contributed by atoms with E-state index in [9.17, 15) is 9.90 Å². The molecule has 4 rings (SSSR count). The van der Waals surface area contributed by atoms with Crippen molar-refractivity contribution in [1.82, 2.24) is 5.31 Å². The molecule has 1 saturated carbocycles. The molecule has 2 fully saturated rings. The molecular formula is C19H23NO4. The third kappa shape index (κ3) is 2.26. The minimum Gasteiger partial charge on any atom is -0.509 e. The van der Waals surface area contributed by atoms with Crippen molar-refractivity contribution < 1.29 is 20.8 Å². The van der Waals surface area contributed by atoms with E-state index in [1.807, 2.05) is 32.0 Å². The second-order valence-electron chi connectivity index (χ2n) is 7.10. The van der Waals surface area contributed by atoms with Gasteiger partial charge in [-0.2, -0.15) is 0 Å². The molecule has 5 heteroatoms. The van der Waals surface area contributed by atoms with E-state index in [1.54, 1.807) is 0 Å². The molecule has 0 bridgehead atoms. The number of aliphatic hydroxyl groups excluding tert-OH is 1. The van der Waals surface area contributed by atoms with E-state index in [4.69, 9.17) is 10.9 Å². The van der Waals surface area contributed by atoms with Crippen LogP contribution in [0, 0.1) is 13.8 Å². The molecule has 1 amide bonds. The minimum absolute atomic E-state index is 0.0223.